The van der Waals surface area contributed by atoms with Gasteiger partial charge in [-0.3, -0.25) is 9.36 Å². The van der Waals surface area contributed by atoms with Gasteiger partial charge in [-0.2, -0.15) is 4.98 Å². The van der Waals surface area contributed by atoms with E-state index in [0.717, 1.165) is 9.13 Å². The molecule has 1 N–H and O–H groups in total. The van der Waals surface area contributed by atoms with Crippen molar-refractivity contribution in [3.8, 4) is 0 Å². The van der Waals surface area contributed by atoms with E-state index in [-0.39, 0.29) is 30.4 Å². The molecule has 3 aromatic rings. The maximum Gasteiger partial charge on any atom is 0.329 e. The summed E-state index contributed by atoms with van der Waals surface area (Å²) in [5.74, 6) is 0.244. The van der Waals surface area contributed by atoms with Gasteiger partial charge in [0.2, 0.25) is 5.89 Å². The Morgan fingerprint density at radius 2 is 2.04 bits per heavy atom. The number of rotatable bonds is 5. The van der Waals surface area contributed by atoms with E-state index in [0.29, 0.717) is 10.6 Å². The molecule has 138 valence electrons. The average molecular weight is 388 g/mol. The van der Waals surface area contributed by atoms with Gasteiger partial charge >= 0.3 is 5.69 Å². The molecule has 0 aliphatic rings. The fourth-order valence-corrected chi connectivity index (χ4v) is 2.60. The van der Waals surface area contributed by atoms with Crippen LogP contribution < -0.4 is 11.2 Å². The zero-order valence-electron chi connectivity index (χ0n) is 14.2. The Bertz CT molecular complexity index is 1120. The van der Waals surface area contributed by atoms with Gasteiger partial charge in [-0.05, 0) is 17.7 Å². The van der Waals surface area contributed by atoms with Crippen LogP contribution in [-0.4, -0.2) is 24.4 Å². The van der Waals surface area contributed by atoms with E-state index in [9.17, 15) is 14.7 Å². The SMILES string of the molecule is [C-]#[N+]c1cn(C)c(=O)n(Cc2nc(C[C@H](O)c3ccc(Cl)cc3)no2)c1=O. The van der Waals surface area contributed by atoms with Crippen molar-refractivity contribution >= 4 is 17.3 Å². The number of aromatic nitrogens is 4. The first-order chi connectivity index (χ1) is 12.9. The zero-order valence-corrected chi connectivity index (χ0v) is 14.9. The van der Waals surface area contributed by atoms with Gasteiger partial charge in [0.15, 0.2) is 5.82 Å². The molecule has 27 heavy (non-hydrogen) atoms. The summed E-state index contributed by atoms with van der Waals surface area (Å²) in [4.78, 5) is 31.5. The van der Waals surface area contributed by atoms with E-state index in [1.54, 1.807) is 24.3 Å². The molecule has 10 heteroatoms. The number of benzene rings is 1. The van der Waals surface area contributed by atoms with Crippen LogP contribution in [0.3, 0.4) is 0 Å². The number of nitrogens with zero attached hydrogens (tertiary/aromatic N) is 5. The van der Waals surface area contributed by atoms with Crippen LogP contribution in [0, 0.1) is 6.57 Å². The molecular weight excluding hydrogens is 374 g/mol. The van der Waals surface area contributed by atoms with Crippen LogP contribution in [0.25, 0.3) is 4.85 Å². The molecule has 0 aliphatic carbocycles. The van der Waals surface area contributed by atoms with Gasteiger partial charge in [-0.15, -0.1) is 0 Å². The van der Waals surface area contributed by atoms with E-state index in [1.807, 2.05) is 0 Å². The van der Waals surface area contributed by atoms with Gasteiger partial charge in [-0.25, -0.2) is 9.64 Å². The molecule has 9 nitrogen and oxygen atoms in total. The number of aryl methyl sites for hydroxylation is 1. The van der Waals surface area contributed by atoms with E-state index >= 15 is 0 Å². The van der Waals surface area contributed by atoms with Gasteiger partial charge in [0.05, 0.1) is 12.7 Å². The first-order valence-electron chi connectivity index (χ1n) is 7.82. The summed E-state index contributed by atoms with van der Waals surface area (Å²) < 4.78 is 7.05. The van der Waals surface area contributed by atoms with Crippen molar-refractivity contribution in [2.45, 2.75) is 19.1 Å². The van der Waals surface area contributed by atoms with Crippen molar-refractivity contribution in [1.29, 1.82) is 0 Å². The number of halogens is 1. The summed E-state index contributed by atoms with van der Waals surface area (Å²) in [7, 11) is 1.44. The lowest BCUT2D eigenvalue weighted by molar-refractivity contribution is 0.174. The maximum absolute atomic E-state index is 12.2. The largest absolute Gasteiger partial charge is 0.388 e. The summed E-state index contributed by atoms with van der Waals surface area (Å²) in [5, 5.41) is 14.6. The van der Waals surface area contributed by atoms with Crippen molar-refractivity contribution < 1.29 is 9.63 Å². The third kappa shape index (κ3) is 3.97. The number of aliphatic hydroxyl groups is 1. The van der Waals surface area contributed by atoms with E-state index in [2.05, 4.69) is 15.0 Å². The Labute approximate surface area is 157 Å². The number of hydrogen-bond donors (Lipinski definition) is 1. The van der Waals surface area contributed by atoms with E-state index in [1.165, 1.54) is 13.2 Å². The fourth-order valence-electron chi connectivity index (χ4n) is 2.47. The molecule has 1 atom stereocenters. The van der Waals surface area contributed by atoms with Gasteiger partial charge in [0.1, 0.15) is 6.54 Å². The highest BCUT2D eigenvalue weighted by Gasteiger charge is 2.16. The zero-order chi connectivity index (χ0) is 19.6. The van der Waals surface area contributed by atoms with Gasteiger partial charge < -0.3 is 14.2 Å². The smallest absolute Gasteiger partial charge is 0.329 e. The second-order valence-corrected chi connectivity index (χ2v) is 6.22. The summed E-state index contributed by atoms with van der Waals surface area (Å²) in [6, 6.07) is 6.70. The third-order valence-electron chi connectivity index (χ3n) is 3.87. The Morgan fingerprint density at radius 1 is 1.33 bits per heavy atom. The standard InChI is InChI=1S/C17H14ClN5O4/c1-19-12-8-22(2)17(26)23(16(12)25)9-15-20-14(21-27-15)7-13(24)10-3-5-11(18)6-4-10/h3-6,8,13,24H,7,9H2,2H3/t13-/m0/s1. The summed E-state index contributed by atoms with van der Waals surface area (Å²) in [6.45, 7) is 6.75. The second kappa shape index (κ2) is 7.57. The van der Waals surface area contributed by atoms with Crippen LogP contribution in [0.15, 0.2) is 44.6 Å². The minimum Gasteiger partial charge on any atom is -0.388 e. The van der Waals surface area contributed by atoms with E-state index < -0.39 is 17.4 Å². The fraction of sp³-hybridized carbons (Fsp3) is 0.235. The molecule has 0 spiro atoms. The predicted molar refractivity (Wildman–Crippen MR) is 95.7 cm³/mol. The molecule has 1 aromatic carbocycles. The topological polar surface area (TPSA) is 108 Å². The minimum absolute atomic E-state index is 0.0228. The van der Waals surface area contributed by atoms with Crippen LogP contribution in [0.5, 0.6) is 0 Å². The monoisotopic (exact) mass is 387 g/mol. The highest BCUT2D eigenvalue weighted by atomic mass is 35.5. The first-order valence-corrected chi connectivity index (χ1v) is 8.19. The van der Waals surface area contributed by atoms with Crippen molar-refractivity contribution in [3.05, 3.63) is 85.0 Å². The van der Waals surface area contributed by atoms with Crippen molar-refractivity contribution in [2.75, 3.05) is 0 Å². The molecular formula is C17H14ClN5O4. The Balaban J connectivity index is 1.80. The number of aliphatic hydroxyl groups excluding tert-OH is 1. The predicted octanol–water partition coefficient (Wildman–Crippen LogP) is 1.46. The summed E-state index contributed by atoms with van der Waals surface area (Å²) >= 11 is 5.82. The third-order valence-corrected chi connectivity index (χ3v) is 4.12. The molecule has 0 unspecified atom stereocenters. The normalized spacial score (nSPS) is 11.9. The number of hydrogen-bond acceptors (Lipinski definition) is 6. The molecule has 3 rings (SSSR count). The van der Waals surface area contributed by atoms with Crippen LogP contribution in [0.4, 0.5) is 5.69 Å². The molecule has 0 bridgehead atoms. The van der Waals surface area contributed by atoms with Crippen LogP contribution in [0.2, 0.25) is 5.02 Å². The quantitative estimate of drug-likeness (QED) is 0.664. The highest BCUT2D eigenvalue weighted by molar-refractivity contribution is 6.30. The van der Waals surface area contributed by atoms with Crippen molar-refractivity contribution in [1.82, 2.24) is 19.3 Å². The summed E-state index contributed by atoms with van der Waals surface area (Å²) in [6.07, 6.45) is 0.393. The molecule has 0 aliphatic heterocycles. The first kappa shape index (κ1) is 18.6. The van der Waals surface area contributed by atoms with Gasteiger partial charge in [0.25, 0.3) is 11.2 Å². The Kier molecular flexibility index (Phi) is 5.21. The maximum atomic E-state index is 12.2. The molecule has 0 fully saturated rings. The molecule has 2 heterocycles. The van der Waals surface area contributed by atoms with Crippen molar-refractivity contribution in [2.24, 2.45) is 7.05 Å². The lowest BCUT2D eigenvalue weighted by Gasteiger charge is -2.08. The lowest BCUT2D eigenvalue weighted by Crippen LogP contribution is -2.38. The van der Waals surface area contributed by atoms with Gasteiger partial charge in [-0.1, -0.05) is 28.9 Å². The van der Waals surface area contributed by atoms with Crippen LogP contribution in [-0.2, 0) is 20.0 Å². The Morgan fingerprint density at radius 3 is 2.70 bits per heavy atom. The molecule has 0 amide bonds. The highest BCUT2D eigenvalue weighted by Crippen LogP contribution is 2.19. The van der Waals surface area contributed by atoms with Crippen LogP contribution >= 0.6 is 11.6 Å². The molecule has 2 aromatic heterocycles. The molecule has 0 radical (unpaired) electrons. The van der Waals surface area contributed by atoms with Gasteiger partial charge in [0, 0.05) is 24.7 Å². The lowest BCUT2D eigenvalue weighted by atomic mass is 10.1. The van der Waals surface area contributed by atoms with E-state index in [4.69, 9.17) is 22.7 Å². The minimum atomic E-state index is -0.867. The summed E-state index contributed by atoms with van der Waals surface area (Å²) in [5.41, 5.74) is -0.877. The average Bonchev–Trinajstić information content (AvgIpc) is 3.09. The van der Waals surface area contributed by atoms with Crippen molar-refractivity contribution in [3.63, 3.8) is 0 Å². The Hall–Kier alpha value is -3.22. The van der Waals surface area contributed by atoms with Crippen LogP contribution in [0.1, 0.15) is 23.4 Å². The molecule has 0 saturated heterocycles. The second-order valence-electron chi connectivity index (χ2n) is 5.79. The molecule has 0 saturated carbocycles.